The summed E-state index contributed by atoms with van der Waals surface area (Å²) in [6.07, 6.45) is -0.173. The van der Waals surface area contributed by atoms with E-state index in [1.54, 1.807) is 0 Å². The summed E-state index contributed by atoms with van der Waals surface area (Å²) in [7, 11) is 0. The van der Waals surface area contributed by atoms with Crippen LogP contribution in [-0.4, -0.2) is 32.1 Å². The van der Waals surface area contributed by atoms with Crippen molar-refractivity contribution in [3.63, 3.8) is 0 Å². The largest absolute Gasteiger partial charge is 0.368 e. The van der Waals surface area contributed by atoms with Gasteiger partial charge in [0, 0.05) is 11.8 Å². The van der Waals surface area contributed by atoms with Gasteiger partial charge in [0.25, 0.3) is 0 Å². The number of fused-ring (bicyclic) bond motifs is 12. The van der Waals surface area contributed by atoms with E-state index in [0.717, 1.165) is 0 Å². The Morgan fingerprint density at radius 2 is 1.25 bits per heavy atom. The van der Waals surface area contributed by atoms with Crippen molar-refractivity contribution in [2.75, 3.05) is 0 Å². The molecule has 5 aliphatic rings. The molecule has 20 heavy (non-hydrogen) atoms. The Labute approximate surface area is 144 Å². The number of allylic oxidation sites excluding steroid dienone is 2. The van der Waals surface area contributed by atoms with Crippen LogP contribution < -0.4 is 0 Å². The number of hydrogen-bond acceptors (Lipinski definition) is 2. The molecule has 0 spiro atoms. The minimum Gasteiger partial charge on any atom is -0.368 e. The van der Waals surface area contributed by atoms with Gasteiger partial charge >= 0.3 is 0 Å². The standard InChI is InChI=1S/C12H6Cl6O2/c13-8-9(14)11(16)4-2-5(19)1(6-7(2)20-6)3(4)10(8,15)12(11,17)18/h1-4,6-7H/t1-,2-,3-,4+,6+,7+,10-,11+/m1/s1. The van der Waals surface area contributed by atoms with Crippen molar-refractivity contribution in [3.8, 4) is 0 Å². The molecule has 2 nitrogen and oxygen atoms in total. The van der Waals surface area contributed by atoms with E-state index in [-0.39, 0.29) is 51.7 Å². The van der Waals surface area contributed by atoms with Crippen molar-refractivity contribution in [3.05, 3.63) is 10.1 Å². The lowest BCUT2D eigenvalue weighted by Gasteiger charge is -2.36. The van der Waals surface area contributed by atoms with E-state index >= 15 is 0 Å². The predicted octanol–water partition coefficient (Wildman–Crippen LogP) is 3.66. The Morgan fingerprint density at radius 3 is 1.65 bits per heavy atom. The number of hydrogen-bond donors (Lipinski definition) is 0. The van der Waals surface area contributed by atoms with Gasteiger partial charge in [0.05, 0.1) is 34.1 Å². The number of carbonyl (C=O) groups excluding carboxylic acids is 1. The molecule has 4 fully saturated rings. The lowest BCUT2D eigenvalue weighted by molar-refractivity contribution is -0.125. The van der Waals surface area contributed by atoms with Crippen LogP contribution in [0.3, 0.4) is 0 Å². The van der Waals surface area contributed by atoms with Gasteiger partial charge in [-0.25, -0.2) is 0 Å². The molecule has 8 heteroatoms. The van der Waals surface area contributed by atoms with Crippen LogP contribution in [0, 0.1) is 23.7 Å². The molecule has 4 aliphatic carbocycles. The number of epoxide rings is 1. The highest BCUT2D eigenvalue weighted by atomic mass is 35.5. The van der Waals surface area contributed by atoms with Gasteiger partial charge in [0.2, 0.25) is 0 Å². The second kappa shape index (κ2) is 3.31. The summed E-state index contributed by atoms with van der Waals surface area (Å²) in [6.45, 7) is 0. The van der Waals surface area contributed by atoms with Gasteiger partial charge in [-0.15, -0.1) is 23.2 Å². The quantitative estimate of drug-likeness (QED) is 0.356. The van der Waals surface area contributed by atoms with Gasteiger partial charge in [-0.1, -0.05) is 46.4 Å². The molecule has 1 heterocycles. The first-order valence-corrected chi connectivity index (χ1v) is 8.48. The van der Waals surface area contributed by atoms with E-state index in [9.17, 15) is 4.79 Å². The first kappa shape index (κ1) is 13.5. The number of rotatable bonds is 0. The van der Waals surface area contributed by atoms with E-state index in [4.69, 9.17) is 74.3 Å². The van der Waals surface area contributed by atoms with Gasteiger partial charge < -0.3 is 4.74 Å². The molecule has 0 unspecified atom stereocenters. The average Bonchev–Trinajstić information content (AvgIpc) is 3.01. The normalized spacial score (nSPS) is 64.0. The summed E-state index contributed by atoms with van der Waals surface area (Å²) in [4.78, 5) is 9.81. The highest BCUT2D eigenvalue weighted by Crippen LogP contribution is 2.83. The maximum Gasteiger partial charge on any atom is 0.166 e. The molecule has 0 aromatic heterocycles. The van der Waals surface area contributed by atoms with Gasteiger partial charge in [0.15, 0.2) is 4.33 Å². The fourth-order valence-electron chi connectivity index (χ4n) is 5.03. The Balaban J connectivity index is 1.82. The first-order valence-electron chi connectivity index (χ1n) is 6.21. The fraction of sp³-hybridized carbons (Fsp3) is 0.750. The number of carbonyl (C=O) groups is 1. The summed E-state index contributed by atoms with van der Waals surface area (Å²) in [6, 6.07) is 0. The number of halogens is 6. The van der Waals surface area contributed by atoms with Crippen LogP contribution in [0.1, 0.15) is 0 Å². The van der Waals surface area contributed by atoms with Crippen molar-refractivity contribution in [1.82, 2.24) is 0 Å². The number of alkyl halides is 4. The molecular weight excluding hydrogens is 389 g/mol. The lowest BCUT2D eigenvalue weighted by atomic mass is 9.73. The molecule has 1 aliphatic heterocycles. The number of Topliss-reactive ketones (excluding diaryl/α,β-unsaturated/α-hetero) is 1. The maximum absolute atomic E-state index is 12.5. The van der Waals surface area contributed by atoms with Crippen LogP contribution in [0.4, 0.5) is 0 Å². The van der Waals surface area contributed by atoms with E-state index in [0.29, 0.717) is 0 Å². The van der Waals surface area contributed by atoms with Crippen LogP contribution in [0.2, 0.25) is 0 Å². The third kappa shape index (κ3) is 0.953. The monoisotopic (exact) mass is 392 g/mol. The summed E-state index contributed by atoms with van der Waals surface area (Å²) in [5.74, 6) is -1.18. The van der Waals surface area contributed by atoms with Crippen molar-refractivity contribution in [2.24, 2.45) is 23.7 Å². The Kier molecular flexibility index (Phi) is 2.24. The van der Waals surface area contributed by atoms with Gasteiger partial charge in [0.1, 0.15) is 15.5 Å². The smallest absolute Gasteiger partial charge is 0.166 e. The average molecular weight is 395 g/mol. The second-order valence-corrected chi connectivity index (χ2v) is 9.47. The predicted molar refractivity (Wildman–Crippen MR) is 78.0 cm³/mol. The van der Waals surface area contributed by atoms with E-state index in [1.165, 1.54) is 0 Å². The fourth-order valence-corrected chi connectivity index (χ4v) is 8.11. The van der Waals surface area contributed by atoms with Crippen LogP contribution in [0.5, 0.6) is 0 Å². The topological polar surface area (TPSA) is 29.6 Å². The third-order valence-electron chi connectivity index (χ3n) is 5.75. The third-order valence-corrected chi connectivity index (χ3v) is 10.0. The van der Waals surface area contributed by atoms with Gasteiger partial charge in [-0.3, -0.25) is 4.79 Å². The van der Waals surface area contributed by atoms with Crippen molar-refractivity contribution in [2.45, 2.75) is 26.3 Å². The molecule has 0 aromatic carbocycles. The minimum absolute atomic E-state index is 0.0867. The molecule has 3 saturated carbocycles. The lowest BCUT2D eigenvalue weighted by Crippen LogP contribution is -2.47. The molecule has 108 valence electrons. The van der Waals surface area contributed by atoms with Crippen LogP contribution in [-0.2, 0) is 9.53 Å². The number of ketones is 1. The summed E-state index contributed by atoms with van der Waals surface area (Å²) < 4.78 is 4.03. The molecule has 0 aromatic rings. The number of ether oxygens (including phenoxy) is 1. The van der Waals surface area contributed by atoms with Crippen LogP contribution in [0.25, 0.3) is 0 Å². The van der Waals surface area contributed by atoms with E-state index in [2.05, 4.69) is 0 Å². The molecule has 4 bridgehead atoms. The first-order chi connectivity index (χ1) is 9.20. The zero-order valence-corrected chi connectivity index (χ0v) is 14.1. The summed E-state index contributed by atoms with van der Waals surface area (Å²) >= 11 is 39.1. The maximum atomic E-state index is 12.5. The summed E-state index contributed by atoms with van der Waals surface area (Å²) in [5, 5.41) is 0.333. The highest BCUT2D eigenvalue weighted by molar-refractivity contribution is 6.65. The molecule has 8 atom stereocenters. The van der Waals surface area contributed by atoms with Crippen molar-refractivity contribution >= 4 is 75.4 Å². The second-order valence-electron chi connectivity index (χ2n) is 6.20. The molecule has 1 saturated heterocycles. The highest BCUT2D eigenvalue weighted by Gasteiger charge is 2.91. The molecule has 0 N–H and O–H groups in total. The Bertz CT molecular complexity index is 583. The minimum atomic E-state index is -1.54. The van der Waals surface area contributed by atoms with E-state index < -0.39 is 14.1 Å². The SMILES string of the molecule is O=C1[C@@H]2[C@@H]3O[C@H]3[C@@H]1[C@@H]1[C@H]2[C@]2(Cl)C(Cl)=C(Cl)[C@@]1(Cl)C2(Cl)Cl. The van der Waals surface area contributed by atoms with Crippen LogP contribution in [0.15, 0.2) is 10.1 Å². The Hall–Kier alpha value is 1.11. The Morgan fingerprint density at radius 1 is 0.850 bits per heavy atom. The molecule has 0 amide bonds. The molecule has 5 rings (SSSR count). The zero-order chi connectivity index (χ0) is 14.4. The van der Waals surface area contributed by atoms with Crippen molar-refractivity contribution in [1.29, 1.82) is 0 Å². The molecular formula is C12H6Cl6O2. The van der Waals surface area contributed by atoms with Crippen LogP contribution >= 0.6 is 69.6 Å². The zero-order valence-electron chi connectivity index (χ0n) is 9.55. The van der Waals surface area contributed by atoms with Gasteiger partial charge in [-0.2, -0.15) is 0 Å². The summed E-state index contributed by atoms with van der Waals surface area (Å²) in [5.41, 5.74) is 0. The van der Waals surface area contributed by atoms with E-state index in [1.807, 2.05) is 0 Å². The molecule has 0 radical (unpaired) electrons. The van der Waals surface area contributed by atoms with Gasteiger partial charge in [-0.05, 0) is 0 Å². The van der Waals surface area contributed by atoms with Crippen molar-refractivity contribution < 1.29 is 9.53 Å².